The number of nitrogens with zero attached hydrogens (tertiary/aromatic N) is 2. The van der Waals surface area contributed by atoms with Gasteiger partial charge in [-0.15, -0.1) is 5.10 Å². The highest BCUT2D eigenvalue weighted by atomic mass is 35.5. The largest absolute Gasteiger partial charge is 0.495 e. The second-order valence-electron chi connectivity index (χ2n) is 7.70. The lowest BCUT2D eigenvalue weighted by Gasteiger charge is -2.20. The van der Waals surface area contributed by atoms with Gasteiger partial charge < -0.3 is 10.1 Å². The lowest BCUT2D eigenvalue weighted by Crippen LogP contribution is -2.40. The van der Waals surface area contributed by atoms with Gasteiger partial charge in [-0.2, -0.15) is 8.42 Å². The number of methoxy groups -OCH3 is 1. The fourth-order valence-corrected chi connectivity index (χ4v) is 4.14. The number of halogens is 1. The maximum atomic E-state index is 13.1. The van der Waals surface area contributed by atoms with E-state index in [1.54, 1.807) is 24.3 Å². The monoisotopic (exact) mass is 464 g/mol. The number of aromatic amines is 1. The molecule has 11 heteroatoms. The molecule has 9 nitrogen and oxygen atoms in total. The average molecular weight is 465 g/mol. The van der Waals surface area contributed by atoms with Crippen molar-refractivity contribution >= 4 is 27.5 Å². The summed E-state index contributed by atoms with van der Waals surface area (Å²) in [6, 6.07) is 10.2. The molecule has 2 N–H and O–H groups in total. The predicted molar refractivity (Wildman–Crippen MR) is 116 cm³/mol. The van der Waals surface area contributed by atoms with Crippen LogP contribution in [-0.4, -0.2) is 41.1 Å². The molecule has 1 aromatic heterocycles. The molecule has 0 saturated carbocycles. The lowest BCUT2D eigenvalue weighted by atomic mass is 10.1. The first-order chi connectivity index (χ1) is 14.4. The number of carbonyl (C=O) groups is 1. The Labute approximate surface area is 184 Å². The maximum absolute atomic E-state index is 13.1. The quantitative estimate of drug-likeness (QED) is 0.598. The molecular weight excluding hydrogens is 444 g/mol. The van der Waals surface area contributed by atoms with E-state index in [9.17, 15) is 18.0 Å². The number of carbonyl (C=O) groups excluding carboxylic acids is 1. The zero-order valence-corrected chi connectivity index (χ0v) is 18.8. The third kappa shape index (κ3) is 4.80. The summed E-state index contributed by atoms with van der Waals surface area (Å²) in [6.45, 7) is 5.47. The molecule has 0 spiro atoms. The van der Waals surface area contributed by atoms with Crippen LogP contribution in [0.25, 0.3) is 11.4 Å². The molecule has 3 rings (SSSR count). The normalized spacial score (nSPS) is 11.9. The van der Waals surface area contributed by atoms with E-state index in [2.05, 4.69) is 15.4 Å². The SMILES string of the molecule is COc1cc(C(=O)NC(C)(C)C)ccc1S(=O)(=O)n1nc(-c2ccc(Cl)cc2)[nH]c1=O. The van der Waals surface area contributed by atoms with E-state index in [1.165, 1.54) is 25.3 Å². The summed E-state index contributed by atoms with van der Waals surface area (Å²) in [5.41, 5.74) is -0.727. The lowest BCUT2D eigenvalue weighted by molar-refractivity contribution is 0.0919. The molecular formula is C20H21ClN4O5S. The molecule has 1 heterocycles. The van der Waals surface area contributed by atoms with Crippen LogP contribution in [0.15, 0.2) is 52.2 Å². The van der Waals surface area contributed by atoms with Gasteiger partial charge in [0.15, 0.2) is 5.82 Å². The smallest absolute Gasteiger partial charge is 0.358 e. The van der Waals surface area contributed by atoms with Crippen molar-refractivity contribution < 1.29 is 17.9 Å². The molecule has 31 heavy (non-hydrogen) atoms. The highest BCUT2D eigenvalue weighted by Crippen LogP contribution is 2.27. The molecule has 0 bridgehead atoms. The zero-order chi connectivity index (χ0) is 23.0. The van der Waals surface area contributed by atoms with E-state index in [4.69, 9.17) is 16.3 Å². The minimum Gasteiger partial charge on any atom is -0.495 e. The van der Waals surface area contributed by atoms with Gasteiger partial charge >= 0.3 is 5.69 Å². The summed E-state index contributed by atoms with van der Waals surface area (Å²) in [5.74, 6) is -0.424. The fourth-order valence-electron chi connectivity index (χ4n) is 2.74. The molecule has 0 saturated heterocycles. The van der Waals surface area contributed by atoms with Gasteiger partial charge in [0.25, 0.3) is 15.9 Å². The van der Waals surface area contributed by atoms with E-state index in [1.807, 2.05) is 20.8 Å². The van der Waals surface area contributed by atoms with Crippen molar-refractivity contribution in [3.63, 3.8) is 0 Å². The van der Waals surface area contributed by atoms with Crippen LogP contribution in [0.4, 0.5) is 0 Å². The van der Waals surface area contributed by atoms with Gasteiger partial charge in [-0.3, -0.25) is 9.78 Å². The number of benzene rings is 2. The number of ether oxygens (including phenoxy) is 1. The van der Waals surface area contributed by atoms with Crippen molar-refractivity contribution in [3.8, 4) is 17.1 Å². The fraction of sp³-hybridized carbons (Fsp3) is 0.250. The third-order valence-corrected chi connectivity index (χ3v) is 5.98. The molecule has 164 valence electrons. The minimum absolute atomic E-state index is 0.0605. The van der Waals surface area contributed by atoms with Gasteiger partial charge in [-0.25, -0.2) is 4.79 Å². The van der Waals surface area contributed by atoms with Crippen LogP contribution in [0.2, 0.25) is 5.02 Å². The highest BCUT2D eigenvalue weighted by molar-refractivity contribution is 7.90. The molecule has 0 radical (unpaired) electrons. The summed E-state index contributed by atoms with van der Waals surface area (Å²) in [6.07, 6.45) is 0. The van der Waals surface area contributed by atoms with Crippen LogP contribution >= 0.6 is 11.6 Å². The van der Waals surface area contributed by atoms with Crippen LogP contribution in [0.5, 0.6) is 5.75 Å². The number of hydrogen-bond donors (Lipinski definition) is 2. The second-order valence-corrected chi connectivity index (χ2v) is 9.88. The highest BCUT2D eigenvalue weighted by Gasteiger charge is 2.27. The maximum Gasteiger partial charge on any atom is 0.358 e. The zero-order valence-electron chi connectivity index (χ0n) is 17.3. The molecule has 0 aliphatic heterocycles. The molecule has 0 aliphatic carbocycles. The van der Waals surface area contributed by atoms with E-state index in [0.717, 1.165) is 0 Å². The van der Waals surface area contributed by atoms with Crippen LogP contribution < -0.4 is 15.7 Å². The Morgan fingerprint density at radius 2 is 1.81 bits per heavy atom. The van der Waals surface area contributed by atoms with E-state index < -0.39 is 27.2 Å². The van der Waals surface area contributed by atoms with Crippen LogP contribution in [0.3, 0.4) is 0 Å². The van der Waals surface area contributed by atoms with Gasteiger partial charge in [0.05, 0.1) is 7.11 Å². The van der Waals surface area contributed by atoms with Crippen molar-refractivity contribution in [2.45, 2.75) is 31.2 Å². The Morgan fingerprint density at radius 1 is 1.16 bits per heavy atom. The number of hydrogen-bond acceptors (Lipinski definition) is 6. The Balaban J connectivity index is 2.03. The summed E-state index contributed by atoms with van der Waals surface area (Å²) in [5, 5.41) is 7.19. The van der Waals surface area contributed by atoms with Crippen LogP contribution in [0, 0.1) is 0 Å². The van der Waals surface area contributed by atoms with Crippen molar-refractivity contribution in [2.24, 2.45) is 0 Å². The summed E-state index contributed by atoms with van der Waals surface area (Å²) < 4.78 is 31.8. The first-order valence-electron chi connectivity index (χ1n) is 9.14. The molecule has 0 unspecified atom stereocenters. The van der Waals surface area contributed by atoms with E-state index in [-0.39, 0.29) is 22.0 Å². The van der Waals surface area contributed by atoms with Gasteiger partial charge in [-0.1, -0.05) is 15.7 Å². The number of nitrogens with one attached hydrogen (secondary N) is 2. The Hall–Kier alpha value is -3.11. The number of rotatable bonds is 5. The first kappa shape index (κ1) is 22.6. The first-order valence-corrected chi connectivity index (χ1v) is 11.0. The third-order valence-electron chi connectivity index (χ3n) is 4.13. The van der Waals surface area contributed by atoms with Gasteiger partial charge in [0.1, 0.15) is 10.6 Å². The van der Waals surface area contributed by atoms with E-state index >= 15 is 0 Å². The van der Waals surface area contributed by atoms with Crippen LogP contribution in [0.1, 0.15) is 31.1 Å². The standard InChI is InChI=1S/C20H21ClN4O5S/c1-20(2,3)23-18(26)13-7-10-16(15(11-13)30-4)31(28,29)25-19(27)22-17(24-25)12-5-8-14(21)9-6-12/h5-11H,1-4H3,(H,23,26)(H,22,24,27). The van der Waals surface area contributed by atoms with Gasteiger partial charge in [0, 0.05) is 21.7 Å². The topological polar surface area (TPSA) is 123 Å². The Morgan fingerprint density at radius 3 is 2.39 bits per heavy atom. The summed E-state index contributed by atoms with van der Waals surface area (Å²) in [7, 11) is -3.14. The van der Waals surface area contributed by atoms with Crippen LogP contribution in [-0.2, 0) is 10.0 Å². The molecule has 0 aliphatic rings. The van der Waals surface area contributed by atoms with E-state index in [0.29, 0.717) is 14.7 Å². The molecule has 0 atom stereocenters. The number of H-pyrrole nitrogens is 1. The van der Waals surface area contributed by atoms with Gasteiger partial charge in [0.2, 0.25) is 0 Å². The number of aromatic nitrogens is 3. The average Bonchev–Trinajstić information content (AvgIpc) is 3.09. The Kier molecular flexibility index (Phi) is 5.97. The van der Waals surface area contributed by atoms with Crippen molar-refractivity contribution in [2.75, 3.05) is 7.11 Å². The molecule has 2 aromatic carbocycles. The van der Waals surface area contributed by atoms with Crippen molar-refractivity contribution in [3.05, 3.63) is 63.5 Å². The second kappa shape index (κ2) is 8.20. The van der Waals surface area contributed by atoms with Crippen molar-refractivity contribution in [1.82, 2.24) is 19.5 Å². The molecule has 3 aromatic rings. The van der Waals surface area contributed by atoms with Crippen molar-refractivity contribution in [1.29, 1.82) is 0 Å². The predicted octanol–water partition coefficient (Wildman–Crippen LogP) is 2.67. The minimum atomic E-state index is -4.41. The van der Waals surface area contributed by atoms with Gasteiger partial charge in [-0.05, 0) is 63.2 Å². The summed E-state index contributed by atoms with van der Waals surface area (Å²) in [4.78, 5) is 26.9. The Bertz CT molecular complexity index is 1290. The molecule has 0 fully saturated rings. The summed E-state index contributed by atoms with van der Waals surface area (Å²) >= 11 is 5.86. The number of amides is 1. The molecule has 1 amide bonds.